The van der Waals surface area contributed by atoms with Gasteiger partial charge in [0.1, 0.15) is 11.5 Å². The zero-order valence-electron chi connectivity index (χ0n) is 11.6. The van der Waals surface area contributed by atoms with Crippen LogP contribution in [0.4, 0.5) is 4.79 Å². The summed E-state index contributed by atoms with van der Waals surface area (Å²) in [5.74, 6) is -1.25. The standard InChI is InChI=1S/C13H21NO5/c1-12(2,3)19-11(17)14-6-4-13(5-7-14)9(8-18-13)10(15)16/h9H,4-8H2,1-3H3,(H,15,16). The number of amides is 1. The van der Waals surface area contributed by atoms with Gasteiger partial charge >= 0.3 is 12.1 Å². The van der Waals surface area contributed by atoms with Gasteiger partial charge in [0.2, 0.25) is 0 Å². The van der Waals surface area contributed by atoms with Crippen molar-refractivity contribution in [1.29, 1.82) is 0 Å². The van der Waals surface area contributed by atoms with Crippen LogP contribution >= 0.6 is 0 Å². The van der Waals surface area contributed by atoms with Gasteiger partial charge in [0.15, 0.2) is 0 Å². The predicted octanol–water partition coefficient (Wildman–Crippen LogP) is 1.49. The van der Waals surface area contributed by atoms with Crippen LogP contribution in [0, 0.1) is 5.92 Å². The molecule has 1 N–H and O–H groups in total. The molecule has 2 saturated heterocycles. The largest absolute Gasteiger partial charge is 0.481 e. The van der Waals surface area contributed by atoms with E-state index in [-0.39, 0.29) is 12.7 Å². The van der Waals surface area contributed by atoms with E-state index in [1.54, 1.807) is 4.90 Å². The molecule has 2 aliphatic heterocycles. The van der Waals surface area contributed by atoms with Crippen molar-refractivity contribution < 1.29 is 24.2 Å². The maximum atomic E-state index is 11.9. The van der Waals surface area contributed by atoms with Gasteiger partial charge < -0.3 is 19.5 Å². The summed E-state index contributed by atoms with van der Waals surface area (Å²) in [7, 11) is 0. The topological polar surface area (TPSA) is 76.1 Å². The van der Waals surface area contributed by atoms with Crippen molar-refractivity contribution in [3.8, 4) is 0 Å². The first kappa shape index (κ1) is 14.1. The summed E-state index contributed by atoms with van der Waals surface area (Å²) in [6, 6.07) is 0. The number of aliphatic carboxylic acids is 1. The highest BCUT2D eigenvalue weighted by Gasteiger charge is 2.54. The molecule has 108 valence electrons. The van der Waals surface area contributed by atoms with E-state index in [1.165, 1.54) is 0 Å². The molecule has 0 bridgehead atoms. The summed E-state index contributed by atoms with van der Waals surface area (Å²) in [4.78, 5) is 24.6. The molecule has 6 heteroatoms. The fourth-order valence-corrected chi connectivity index (χ4v) is 2.59. The van der Waals surface area contributed by atoms with E-state index >= 15 is 0 Å². The van der Waals surface area contributed by atoms with Crippen LogP contribution in [0.15, 0.2) is 0 Å². The number of carboxylic acid groups (broad SMARTS) is 1. The summed E-state index contributed by atoms with van der Waals surface area (Å²) in [6.07, 6.45) is 0.778. The highest BCUT2D eigenvalue weighted by Crippen LogP contribution is 2.42. The van der Waals surface area contributed by atoms with Crippen LogP contribution in [0.1, 0.15) is 33.6 Å². The fourth-order valence-electron chi connectivity index (χ4n) is 2.59. The molecule has 1 unspecified atom stereocenters. The van der Waals surface area contributed by atoms with E-state index in [4.69, 9.17) is 14.6 Å². The number of hydrogen-bond acceptors (Lipinski definition) is 4. The predicted molar refractivity (Wildman–Crippen MR) is 66.8 cm³/mol. The number of likely N-dealkylation sites (tertiary alicyclic amines) is 1. The number of hydrogen-bond donors (Lipinski definition) is 1. The first-order chi connectivity index (χ1) is 8.73. The molecule has 2 heterocycles. The quantitative estimate of drug-likeness (QED) is 0.782. The monoisotopic (exact) mass is 271 g/mol. The van der Waals surface area contributed by atoms with Crippen LogP contribution in [0.5, 0.6) is 0 Å². The third-order valence-corrected chi connectivity index (χ3v) is 3.73. The Hall–Kier alpha value is -1.30. The van der Waals surface area contributed by atoms with E-state index in [1.807, 2.05) is 20.8 Å². The van der Waals surface area contributed by atoms with Crippen molar-refractivity contribution in [2.45, 2.75) is 44.8 Å². The molecule has 2 rings (SSSR count). The minimum atomic E-state index is -0.808. The molecule has 19 heavy (non-hydrogen) atoms. The van der Waals surface area contributed by atoms with Crippen molar-refractivity contribution >= 4 is 12.1 Å². The first-order valence-corrected chi connectivity index (χ1v) is 6.58. The molecule has 1 atom stereocenters. The second-order valence-electron chi connectivity index (χ2n) is 6.23. The summed E-state index contributed by atoms with van der Waals surface area (Å²) < 4.78 is 10.8. The molecule has 0 radical (unpaired) electrons. The van der Waals surface area contributed by atoms with Crippen LogP contribution in [0.3, 0.4) is 0 Å². The third kappa shape index (κ3) is 2.83. The highest BCUT2D eigenvalue weighted by atomic mass is 16.6. The molecule has 0 aromatic rings. The number of nitrogens with zero attached hydrogens (tertiary/aromatic N) is 1. The molecule has 0 aliphatic carbocycles. The lowest BCUT2D eigenvalue weighted by Gasteiger charge is -2.51. The van der Waals surface area contributed by atoms with Gasteiger partial charge in [-0.1, -0.05) is 0 Å². The molecule has 6 nitrogen and oxygen atoms in total. The van der Waals surface area contributed by atoms with E-state index in [0.29, 0.717) is 25.9 Å². The van der Waals surface area contributed by atoms with Crippen molar-refractivity contribution in [3.05, 3.63) is 0 Å². The maximum Gasteiger partial charge on any atom is 0.410 e. The Balaban J connectivity index is 1.89. The summed E-state index contributed by atoms with van der Waals surface area (Å²) in [5, 5.41) is 9.09. The summed E-state index contributed by atoms with van der Waals surface area (Å²) in [5.41, 5.74) is -1.08. The van der Waals surface area contributed by atoms with Gasteiger partial charge in [0.25, 0.3) is 0 Å². The van der Waals surface area contributed by atoms with E-state index < -0.39 is 23.1 Å². The molecule has 0 aromatic carbocycles. The van der Waals surface area contributed by atoms with E-state index in [0.717, 1.165) is 0 Å². The van der Waals surface area contributed by atoms with Crippen molar-refractivity contribution in [2.24, 2.45) is 5.92 Å². The Morgan fingerprint density at radius 3 is 2.26 bits per heavy atom. The van der Waals surface area contributed by atoms with Gasteiger partial charge in [-0.2, -0.15) is 0 Å². The Kier molecular flexibility index (Phi) is 3.47. The van der Waals surface area contributed by atoms with Gasteiger partial charge in [0, 0.05) is 13.1 Å². The van der Waals surface area contributed by atoms with Crippen molar-refractivity contribution in [1.82, 2.24) is 4.90 Å². The third-order valence-electron chi connectivity index (χ3n) is 3.73. The first-order valence-electron chi connectivity index (χ1n) is 6.58. The molecular formula is C13H21NO5. The molecule has 1 amide bonds. The molecule has 1 spiro atoms. The van der Waals surface area contributed by atoms with Gasteiger partial charge in [-0.25, -0.2) is 4.79 Å². The van der Waals surface area contributed by atoms with Crippen LogP contribution < -0.4 is 0 Å². The number of carbonyl (C=O) groups is 2. The maximum absolute atomic E-state index is 11.9. The smallest absolute Gasteiger partial charge is 0.410 e. The van der Waals surface area contributed by atoms with Crippen molar-refractivity contribution in [2.75, 3.05) is 19.7 Å². The zero-order valence-corrected chi connectivity index (χ0v) is 11.6. The Bertz CT molecular complexity index is 379. The lowest BCUT2D eigenvalue weighted by Crippen LogP contribution is -2.62. The minimum absolute atomic E-state index is 0.280. The normalized spacial score (nSPS) is 25.8. The highest BCUT2D eigenvalue weighted by molar-refractivity contribution is 5.73. The number of rotatable bonds is 1. The Labute approximate surface area is 112 Å². The van der Waals surface area contributed by atoms with Crippen LogP contribution in [0.25, 0.3) is 0 Å². The SMILES string of the molecule is CC(C)(C)OC(=O)N1CCC2(CC1)OCC2C(=O)O. The minimum Gasteiger partial charge on any atom is -0.481 e. The lowest BCUT2D eigenvalue weighted by atomic mass is 9.75. The van der Waals surface area contributed by atoms with Crippen LogP contribution in [-0.4, -0.2) is 53.0 Å². The second-order valence-corrected chi connectivity index (χ2v) is 6.23. The number of piperidine rings is 1. The molecular weight excluding hydrogens is 250 g/mol. The van der Waals surface area contributed by atoms with Crippen LogP contribution in [0.2, 0.25) is 0 Å². The summed E-state index contributed by atoms with van der Waals surface area (Å²) in [6.45, 7) is 6.72. The number of ether oxygens (including phenoxy) is 2. The molecule has 2 fully saturated rings. The molecule has 0 aromatic heterocycles. The van der Waals surface area contributed by atoms with Gasteiger partial charge in [-0.15, -0.1) is 0 Å². The number of carboxylic acids is 1. The fraction of sp³-hybridized carbons (Fsp3) is 0.846. The zero-order chi connectivity index (χ0) is 14.3. The van der Waals surface area contributed by atoms with Gasteiger partial charge in [0.05, 0.1) is 12.2 Å². The Morgan fingerprint density at radius 2 is 1.89 bits per heavy atom. The second kappa shape index (κ2) is 4.67. The summed E-state index contributed by atoms with van der Waals surface area (Å²) >= 11 is 0. The molecule has 2 aliphatic rings. The molecule has 0 saturated carbocycles. The van der Waals surface area contributed by atoms with Crippen LogP contribution in [-0.2, 0) is 14.3 Å². The van der Waals surface area contributed by atoms with E-state index in [9.17, 15) is 9.59 Å². The Morgan fingerprint density at radius 1 is 1.32 bits per heavy atom. The average Bonchev–Trinajstić information content (AvgIpc) is 2.24. The van der Waals surface area contributed by atoms with Gasteiger partial charge in [-0.05, 0) is 33.6 Å². The van der Waals surface area contributed by atoms with Gasteiger partial charge in [-0.3, -0.25) is 4.79 Å². The average molecular weight is 271 g/mol. The lowest BCUT2D eigenvalue weighted by molar-refractivity contribution is -0.230. The number of carbonyl (C=O) groups excluding carboxylic acids is 1. The van der Waals surface area contributed by atoms with E-state index in [2.05, 4.69) is 0 Å². The van der Waals surface area contributed by atoms with Crippen molar-refractivity contribution in [3.63, 3.8) is 0 Å².